The van der Waals surface area contributed by atoms with Crippen LogP contribution in [-0.4, -0.2) is 42.3 Å². The minimum Gasteiger partial charge on any atom is -0.344 e. The van der Waals surface area contributed by atoms with E-state index in [2.05, 4.69) is 15.5 Å². The van der Waals surface area contributed by atoms with Crippen molar-refractivity contribution in [3.05, 3.63) is 5.89 Å². The molecule has 14 heavy (non-hydrogen) atoms. The molecule has 1 aliphatic rings. The third-order valence-corrected chi connectivity index (χ3v) is 3.11. The largest absolute Gasteiger partial charge is 0.344 e. The van der Waals surface area contributed by atoms with E-state index in [4.69, 9.17) is 4.52 Å². The molecule has 1 N–H and O–H groups in total. The molecular weight excluding hydrogens is 200 g/mol. The van der Waals surface area contributed by atoms with Gasteiger partial charge < -0.3 is 14.7 Å². The number of nitrogens with one attached hydrogen (secondary N) is 1. The monoisotopic (exact) mass is 214 g/mol. The van der Waals surface area contributed by atoms with E-state index in [1.54, 1.807) is 0 Å². The Kier molecular flexibility index (Phi) is 2.93. The first-order valence-corrected chi connectivity index (χ1v) is 5.75. The molecule has 0 aromatic carbocycles. The lowest BCUT2D eigenvalue weighted by molar-refractivity contribution is 0.342. The predicted octanol–water partition coefficient (Wildman–Crippen LogP) is 0.513. The first-order valence-electron chi connectivity index (χ1n) is 4.59. The molecule has 0 amide bonds. The van der Waals surface area contributed by atoms with Gasteiger partial charge in [0.15, 0.2) is 0 Å². The SMILES string of the molecule is CN(C)c1noc(C2CSCCN2)n1. The molecule has 0 spiro atoms. The van der Waals surface area contributed by atoms with E-state index in [-0.39, 0.29) is 6.04 Å². The highest BCUT2D eigenvalue weighted by Crippen LogP contribution is 2.21. The molecule has 1 atom stereocenters. The van der Waals surface area contributed by atoms with E-state index in [0.29, 0.717) is 11.8 Å². The van der Waals surface area contributed by atoms with Crippen molar-refractivity contribution in [2.75, 3.05) is 37.0 Å². The van der Waals surface area contributed by atoms with Gasteiger partial charge in [-0.1, -0.05) is 0 Å². The molecule has 0 aliphatic carbocycles. The molecule has 6 heteroatoms. The van der Waals surface area contributed by atoms with Crippen molar-refractivity contribution in [3.63, 3.8) is 0 Å². The molecule has 0 bridgehead atoms. The van der Waals surface area contributed by atoms with E-state index in [1.165, 1.54) is 0 Å². The normalized spacial score (nSPS) is 22.3. The van der Waals surface area contributed by atoms with Crippen molar-refractivity contribution in [1.82, 2.24) is 15.5 Å². The lowest BCUT2D eigenvalue weighted by Gasteiger charge is -2.19. The van der Waals surface area contributed by atoms with Crippen LogP contribution in [0.5, 0.6) is 0 Å². The second-order valence-electron chi connectivity index (χ2n) is 3.41. The average molecular weight is 214 g/mol. The second kappa shape index (κ2) is 4.18. The summed E-state index contributed by atoms with van der Waals surface area (Å²) in [5, 5.41) is 7.23. The number of thioether (sulfide) groups is 1. The van der Waals surface area contributed by atoms with Crippen LogP contribution in [0.2, 0.25) is 0 Å². The predicted molar refractivity (Wildman–Crippen MR) is 56.7 cm³/mol. The maximum atomic E-state index is 5.19. The van der Waals surface area contributed by atoms with Gasteiger partial charge in [-0.2, -0.15) is 16.7 Å². The lowest BCUT2D eigenvalue weighted by Crippen LogP contribution is -2.30. The maximum absolute atomic E-state index is 5.19. The van der Waals surface area contributed by atoms with Gasteiger partial charge in [-0.05, 0) is 5.16 Å². The third-order valence-electron chi connectivity index (χ3n) is 2.05. The first kappa shape index (κ1) is 9.79. The van der Waals surface area contributed by atoms with Gasteiger partial charge in [-0.25, -0.2) is 0 Å². The summed E-state index contributed by atoms with van der Waals surface area (Å²) in [7, 11) is 3.80. The van der Waals surface area contributed by atoms with Gasteiger partial charge in [0.1, 0.15) is 0 Å². The number of hydrogen-bond donors (Lipinski definition) is 1. The summed E-state index contributed by atoms with van der Waals surface area (Å²) in [6, 6.07) is 0.218. The molecule has 1 unspecified atom stereocenters. The van der Waals surface area contributed by atoms with Crippen LogP contribution in [-0.2, 0) is 0 Å². The van der Waals surface area contributed by atoms with Crippen molar-refractivity contribution in [3.8, 4) is 0 Å². The number of rotatable bonds is 2. The number of aromatic nitrogens is 2. The number of hydrogen-bond acceptors (Lipinski definition) is 6. The summed E-state index contributed by atoms with van der Waals surface area (Å²) in [5.74, 6) is 3.50. The number of anilines is 1. The van der Waals surface area contributed by atoms with Crippen LogP contribution in [0, 0.1) is 0 Å². The summed E-state index contributed by atoms with van der Waals surface area (Å²) < 4.78 is 5.19. The fraction of sp³-hybridized carbons (Fsp3) is 0.750. The van der Waals surface area contributed by atoms with Crippen LogP contribution in [0.4, 0.5) is 5.95 Å². The Hall–Kier alpha value is -0.750. The standard InChI is InChI=1S/C8H14N4OS/c1-12(2)8-10-7(13-11-8)6-5-14-4-3-9-6/h6,9H,3-5H2,1-2H3. The summed E-state index contributed by atoms with van der Waals surface area (Å²) in [6.07, 6.45) is 0. The molecular formula is C8H14N4OS. The van der Waals surface area contributed by atoms with E-state index in [0.717, 1.165) is 18.1 Å². The molecule has 1 aromatic heterocycles. The molecule has 0 saturated carbocycles. The molecule has 2 heterocycles. The van der Waals surface area contributed by atoms with Gasteiger partial charge in [-0.3, -0.25) is 0 Å². The van der Waals surface area contributed by atoms with Gasteiger partial charge in [0, 0.05) is 32.1 Å². The Bertz CT molecular complexity index is 295. The van der Waals surface area contributed by atoms with Crippen LogP contribution < -0.4 is 10.2 Å². The number of nitrogens with zero attached hydrogens (tertiary/aromatic N) is 3. The summed E-state index contributed by atoms with van der Waals surface area (Å²) in [5.41, 5.74) is 0. The minimum atomic E-state index is 0.218. The zero-order valence-corrected chi connectivity index (χ0v) is 9.17. The zero-order valence-electron chi connectivity index (χ0n) is 8.36. The Labute approximate surface area is 87.2 Å². The highest BCUT2D eigenvalue weighted by atomic mass is 32.2. The van der Waals surface area contributed by atoms with Crippen LogP contribution in [0.3, 0.4) is 0 Å². The average Bonchev–Trinajstić information content (AvgIpc) is 2.68. The summed E-state index contributed by atoms with van der Waals surface area (Å²) in [6.45, 7) is 1.01. The van der Waals surface area contributed by atoms with Gasteiger partial charge in [0.2, 0.25) is 5.89 Å². The van der Waals surface area contributed by atoms with Gasteiger partial charge in [0.05, 0.1) is 6.04 Å². The van der Waals surface area contributed by atoms with E-state index in [9.17, 15) is 0 Å². The fourth-order valence-electron chi connectivity index (χ4n) is 1.27. The van der Waals surface area contributed by atoms with Crippen LogP contribution in [0.1, 0.15) is 11.9 Å². The molecule has 1 aromatic rings. The minimum absolute atomic E-state index is 0.218. The molecule has 1 saturated heterocycles. The first-order chi connectivity index (χ1) is 6.77. The van der Waals surface area contributed by atoms with Crippen molar-refractivity contribution in [2.24, 2.45) is 0 Å². The topological polar surface area (TPSA) is 54.2 Å². The second-order valence-corrected chi connectivity index (χ2v) is 4.56. The summed E-state index contributed by atoms with van der Waals surface area (Å²) >= 11 is 1.91. The fourth-order valence-corrected chi connectivity index (χ4v) is 2.20. The molecule has 1 fully saturated rings. The van der Waals surface area contributed by atoms with Crippen LogP contribution >= 0.6 is 11.8 Å². The van der Waals surface area contributed by atoms with Crippen LogP contribution in [0.25, 0.3) is 0 Å². The van der Waals surface area contributed by atoms with Gasteiger partial charge in [-0.15, -0.1) is 0 Å². The van der Waals surface area contributed by atoms with Crippen molar-refractivity contribution >= 4 is 17.7 Å². The van der Waals surface area contributed by atoms with E-state index >= 15 is 0 Å². The smallest absolute Gasteiger partial charge is 0.265 e. The molecule has 1 aliphatic heterocycles. The molecule has 5 nitrogen and oxygen atoms in total. The summed E-state index contributed by atoms with van der Waals surface area (Å²) in [4.78, 5) is 6.14. The molecule has 78 valence electrons. The Morgan fingerprint density at radius 3 is 3.00 bits per heavy atom. The van der Waals surface area contributed by atoms with Crippen molar-refractivity contribution in [2.45, 2.75) is 6.04 Å². The Morgan fingerprint density at radius 2 is 2.43 bits per heavy atom. The van der Waals surface area contributed by atoms with Gasteiger partial charge in [0.25, 0.3) is 5.95 Å². The third kappa shape index (κ3) is 2.01. The van der Waals surface area contributed by atoms with Crippen LogP contribution in [0.15, 0.2) is 4.52 Å². The molecule has 0 radical (unpaired) electrons. The maximum Gasteiger partial charge on any atom is 0.265 e. The Balaban J connectivity index is 2.07. The quantitative estimate of drug-likeness (QED) is 0.774. The van der Waals surface area contributed by atoms with Crippen molar-refractivity contribution < 1.29 is 4.52 Å². The lowest BCUT2D eigenvalue weighted by atomic mass is 10.3. The van der Waals surface area contributed by atoms with E-state index < -0.39 is 0 Å². The van der Waals surface area contributed by atoms with Crippen molar-refractivity contribution in [1.29, 1.82) is 0 Å². The molecule has 2 rings (SSSR count). The zero-order chi connectivity index (χ0) is 9.97. The highest BCUT2D eigenvalue weighted by molar-refractivity contribution is 7.99. The Morgan fingerprint density at radius 1 is 1.57 bits per heavy atom. The van der Waals surface area contributed by atoms with Gasteiger partial charge >= 0.3 is 0 Å². The highest BCUT2D eigenvalue weighted by Gasteiger charge is 2.21. The van der Waals surface area contributed by atoms with E-state index in [1.807, 2.05) is 30.8 Å².